The number of carbonyl (C=O) groups is 1. The molecule has 2 atom stereocenters. The van der Waals surface area contributed by atoms with Gasteiger partial charge in [0.1, 0.15) is 5.38 Å². The van der Waals surface area contributed by atoms with Crippen molar-refractivity contribution in [1.82, 2.24) is 4.90 Å². The van der Waals surface area contributed by atoms with Gasteiger partial charge in [-0.3, -0.25) is 4.79 Å². The SMILES string of the molecule is O=C1[C@@H](Cl)[C@H]2CCCCN12. The predicted molar refractivity (Wildman–Crippen MR) is 39.0 cm³/mol. The van der Waals surface area contributed by atoms with E-state index in [1.54, 1.807) is 0 Å². The van der Waals surface area contributed by atoms with Gasteiger partial charge < -0.3 is 4.90 Å². The van der Waals surface area contributed by atoms with Crippen LogP contribution in [0.5, 0.6) is 0 Å². The molecule has 56 valence electrons. The summed E-state index contributed by atoms with van der Waals surface area (Å²) in [6, 6.07) is 0.378. The molecular formula is C7H10ClNO. The van der Waals surface area contributed by atoms with Crippen molar-refractivity contribution in [1.29, 1.82) is 0 Å². The third-order valence-corrected chi connectivity index (χ3v) is 2.88. The van der Waals surface area contributed by atoms with Gasteiger partial charge in [-0.2, -0.15) is 0 Å². The summed E-state index contributed by atoms with van der Waals surface area (Å²) in [4.78, 5) is 12.9. The van der Waals surface area contributed by atoms with E-state index in [0.29, 0.717) is 6.04 Å². The van der Waals surface area contributed by atoms with E-state index in [2.05, 4.69) is 0 Å². The summed E-state index contributed by atoms with van der Waals surface area (Å²) < 4.78 is 0. The van der Waals surface area contributed by atoms with E-state index in [1.807, 2.05) is 4.90 Å². The van der Waals surface area contributed by atoms with Gasteiger partial charge >= 0.3 is 0 Å². The summed E-state index contributed by atoms with van der Waals surface area (Å²) in [6.45, 7) is 0.937. The number of amides is 1. The number of rotatable bonds is 0. The summed E-state index contributed by atoms with van der Waals surface area (Å²) >= 11 is 5.78. The van der Waals surface area contributed by atoms with Gasteiger partial charge in [0, 0.05) is 6.54 Å². The molecule has 0 spiro atoms. The molecule has 0 bridgehead atoms. The monoisotopic (exact) mass is 159 g/mol. The highest BCUT2D eigenvalue weighted by Crippen LogP contribution is 2.32. The molecule has 0 radical (unpaired) electrons. The van der Waals surface area contributed by atoms with Gasteiger partial charge in [-0.05, 0) is 19.3 Å². The van der Waals surface area contributed by atoms with Crippen LogP contribution in [-0.2, 0) is 4.79 Å². The van der Waals surface area contributed by atoms with Crippen LogP contribution in [0.15, 0.2) is 0 Å². The molecule has 0 aliphatic carbocycles. The van der Waals surface area contributed by atoms with Crippen LogP contribution in [-0.4, -0.2) is 28.8 Å². The lowest BCUT2D eigenvalue weighted by molar-refractivity contribution is -0.147. The van der Waals surface area contributed by atoms with E-state index in [1.165, 1.54) is 6.42 Å². The van der Waals surface area contributed by atoms with Crippen LogP contribution in [0, 0.1) is 0 Å². The average molecular weight is 160 g/mol. The van der Waals surface area contributed by atoms with Gasteiger partial charge in [-0.15, -0.1) is 11.6 Å². The average Bonchev–Trinajstić information content (AvgIpc) is 2.03. The Hall–Kier alpha value is -0.240. The molecule has 2 heterocycles. The Bertz CT molecular complexity index is 171. The number of alkyl halides is 1. The van der Waals surface area contributed by atoms with Gasteiger partial charge in [0.2, 0.25) is 5.91 Å². The highest BCUT2D eigenvalue weighted by molar-refractivity contribution is 6.33. The molecule has 10 heavy (non-hydrogen) atoms. The highest BCUT2D eigenvalue weighted by Gasteiger charge is 2.46. The van der Waals surface area contributed by atoms with Crippen LogP contribution in [0.3, 0.4) is 0 Å². The molecule has 0 N–H and O–H groups in total. The zero-order valence-electron chi connectivity index (χ0n) is 5.72. The van der Waals surface area contributed by atoms with Crippen molar-refractivity contribution in [2.45, 2.75) is 30.7 Å². The normalized spacial score (nSPS) is 38.9. The van der Waals surface area contributed by atoms with Crippen molar-refractivity contribution < 1.29 is 4.79 Å². The molecular weight excluding hydrogens is 150 g/mol. The lowest BCUT2D eigenvalue weighted by atomic mass is 9.91. The quantitative estimate of drug-likeness (QED) is 0.381. The highest BCUT2D eigenvalue weighted by atomic mass is 35.5. The third-order valence-electron chi connectivity index (χ3n) is 2.41. The lowest BCUT2D eigenvalue weighted by Gasteiger charge is -2.47. The summed E-state index contributed by atoms with van der Waals surface area (Å²) in [5, 5.41) is -0.194. The standard InChI is InChI=1S/C7H10ClNO/c8-6-5-3-1-2-4-9(5)7(6)10/h5-6H,1-4H2/t5-,6+/m1/s1. The first-order chi connectivity index (χ1) is 4.80. The van der Waals surface area contributed by atoms with E-state index in [9.17, 15) is 4.79 Å². The maximum Gasteiger partial charge on any atom is 0.243 e. The smallest absolute Gasteiger partial charge is 0.243 e. The van der Waals surface area contributed by atoms with Crippen molar-refractivity contribution in [3.05, 3.63) is 0 Å². The first-order valence-corrected chi connectivity index (χ1v) is 4.19. The van der Waals surface area contributed by atoms with E-state index < -0.39 is 0 Å². The van der Waals surface area contributed by atoms with Gasteiger partial charge in [-0.25, -0.2) is 0 Å². The zero-order chi connectivity index (χ0) is 7.14. The van der Waals surface area contributed by atoms with E-state index in [0.717, 1.165) is 19.4 Å². The second-order valence-corrected chi connectivity index (χ2v) is 3.47. The van der Waals surface area contributed by atoms with Crippen LogP contribution < -0.4 is 0 Å². The van der Waals surface area contributed by atoms with Crippen LogP contribution in [0.25, 0.3) is 0 Å². The van der Waals surface area contributed by atoms with Crippen LogP contribution in [0.2, 0.25) is 0 Å². The molecule has 0 aromatic heterocycles. The number of carbonyl (C=O) groups excluding carboxylic acids is 1. The number of hydrogen-bond donors (Lipinski definition) is 0. The van der Waals surface area contributed by atoms with Gasteiger partial charge in [0.25, 0.3) is 0 Å². The largest absolute Gasteiger partial charge is 0.336 e. The molecule has 1 amide bonds. The Kier molecular flexibility index (Phi) is 1.37. The molecule has 2 saturated heterocycles. The number of piperidine rings is 1. The van der Waals surface area contributed by atoms with E-state index in [-0.39, 0.29) is 11.3 Å². The third kappa shape index (κ3) is 0.685. The first kappa shape index (κ1) is 6.47. The zero-order valence-corrected chi connectivity index (χ0v) is 6.47. The number of halogens is 1. The number of hydrogen-bond acceptors (Lipinski definition) is 1. The molecule has 0 aromatic carbocycles. The summed E-state index contributed by atoms with van der Waals surface area (Å²) in [5.41, 5.74) is 0. The van der Waals surface area contributed by atoms with Crippen molar-refractivity contribution in [2.24, 2.45) is 0 Å². The minimum absolute atomic E-state index is 0.145. The number of fused-ring (bicyclic) bond motifs is 1. The molecule has 2 aliphatic heterocycles. The second kappa shape index (κ2) is 2.12. The fourth-order valence-corrected chi connectivity index (χ4v) is 2.16. The van der Waals surface area contributed by atoms with Crippen molar-refractivity contribution >= 4 is 17.5 Å². The molecule has 0 aromatic rings. The summed E-state index contributed by atoms with van der Waals surface area (Å²) in [6.07, 6.45) is 3.50. The number of nitrogens with zero attached hydrogens (tertiary/aromatic N) is 1. The molecule has 2 rings (SSSR count). The minimum Gasteiger partial charge on any atom is -0.336 e. The molecule has 2 nitrogen and oxygen atoms in total. The number of β-lactam (4-membered cyclic amide) rings is 1. The Balaban J connectivity index is 2.06. The molecule has 0 unspecified atom stereocenters. The van der Waals surface area contributed by atoms with Gasteiger partial charge in [-0.1, -0.05) is 0 Å². The summed E-state index contributed by atoms with van der Waals surface area (Å²) in [7, 11) is 0. The fourth-order valence-electron chi connectivity index (χ4n) is 1.78. The lowest BCUT2D eigenvalue weighted by Crippen LogP contribution is -2.63. The minimum atomic E-state index is -0.194. The Labute approximate surface area is 65.1 Å². The van der Waals surface area contributed by atoms with Crippen LogP contribution in [0.4, 0.5) is 0 Å². The molecule has 2 fully saturated rings. The van der Waals surface area contributed by atoms with Crippen molar-refractivity contribution in [3.8, 4) is 0 Å². The van der Waals surface area contributed by atoms with Gasteiger partial charge in [0.05, 0.1) is 6.04 Å². The topological polar surface area (TPSA) is 20.3 Å². The van der Waals surface area contributed by atoms with E-state index in [4.69, 9.17) is 11.6 Å². The summed E-state index contributed by atoms with van der Waals surface area (Å²) in [5.74, 6) is 0.145. The maximum absolute atomic E-state index is 11.0. The molecule has 0 saturated carbocycles. The molecule has 2 aliphatic rings. The van der Waals surface area contributed by atoms with Crippen LogP contribution in [0.1, 0.15) is 19.3 Å². The Morgan fingerprint density at radius 2 is 2.30 bits per heavy atom. The van der Waals surface area contributed by atoms with Gasteiger partial charge in [0.15, 0.2) is 0 Å². The maximum atomic E-state index is 11.0. The Morgan fingerprint density at radius 3 is 3.00 bits per heavy atom. The fraction of sp³-hybridized carbons (Fsp3) is 0.857. The Morgan fingerprint density at radius 1 is 1.50 bits per heavy atom. The predicted octanol–water partition coefficient (Wildman–Crippen LogP) is 0.989. The van der Waals surface area contributed by atoms with E-state index >= 15 is 0 Å². The first-order valence-electron chi connectivity index (χ1n) is 3.75. The van der Waals surface area contributed by atoms with Crippen LogP contribution >= 0.6 is 11.6 Å². The van der Waals surface area contributed by atoms with Crippen molar-refractivity contribution in [3.63, 3.8) is 0 Å². The van der Waals surface area contributed by atoms with Crippen molar-refractivity contribution in [2.75, 3.05) is 6.54 Å². The molecule has 3 heteroatoms. The second-order valence-electron chi connectivity index (χ2n) is 3.00.